The number of hydrogen-bond acceptors (Lipinski definition) is 8. The lowest BCUT2D eigenvalue weighted by Gasteiger charge is -2.38. The number of benzene rings is 1. The standard InChI is InChI=1S/C35H48F3N7O3/c1-34(2,3)48-33(47)44-15-12-27(22-44)43-18-16-42(17-19-43)21-24-4-6-25(7-5-24)30-23-45(26-8-10-28(46)11-9-26)31-29(30)20-40-32(41-31)39-14-13-35(36,37)38/h4-7,20,23,26-28,46H,8-19,21-22H2,1-3H3,(H,39,40,41). The minimum atomic E-state index is -4.25. The van der Waals surface area contributed by atoms with Gasteiger partial charge in [-0.25, -0.2) is 9.78 Å². The molecule has 1 unspecified atom stereocenters. The Bertz CT molecular complexity index is 1540. The molecule has 4 heterocycles. The summed E-state index contributed by atoms with van der Waals surface area (Å²) >= 11 is 0. The first kappa shape index (κ1) is 34.4. The first-order chi connectivity index (χ1) is 22.8. The molecule has 3 aromatic rings. The van der Waals surface area contributed by atoms with Crippen molar-refractivity contribution in [2.75, 3.05) is 51.1 Å². The number of aliphatic hydroxyl groups excluding tert-OH is 1. The number of ether oxygens (including phenoxy) is 1. The van der Waals surface area contributed by atoms with E-state index in [1.807, 2.05) is 25.7 Å². The number of piperazine rings is 1. The third kappa shape index (κ3) is 8.59. The Kier molecular flexibility index (Phi) is 10.2. The third-order valence-corrected chi connectivity index (χ3v) is 9.73. The number of aliphatic hydroxyl groups is 1. The van der Waals surface area contributed by atoms with Gasteiger partial charge in [-0.1, -0.05) is 24.3 Å². The Morgan fingerprint density at radius 1 is 0.979 bits per heavy atom. The van der Waals surface area contributed by atoms with Gasteiger partial charge in [-0.15, -0.1) is 0 Å². The number of hydrogen-bond donors (Lipinski definition) is 2. The normalized spacial score (nSPS) is 23.1. The van der Waals surface area contributed by atoms with E-state index < -0.39 is 18.2 Å². The van der Waals surface area contributed by atoms with Crippen molar-refractivity contribution >= 4 is 23.1 Å². The van der Waals surface area contributed by atoms with Crippen LogP contribution in [-0.4, -0.2) is 110 Å². The largest absolute Gasteiger partial charge is 0.444 e. The number of anilines is 1. The van der Waals surface area contributed by atoms with Crippen LogP contribution in [0.25, 0.3) is 22.2 Å². The maximum absolute atomic E-state index is 12.7. The number of amides is 1. The fourth-order valence-electron chi connectivity index (χ4n) is 7.14. The maximum atomic E-state index is 12.7. The molecule has 10 nitrogen and oxygen atoms in total. The van der Waals surface area contributed by atoms with Crippen molar-refractivity contribution in [3.05, 3.63) is 42.2 Å². The molecule has 3 fully saturated rings. The number of rotatable bonds is 8. The van der Waals surface area contributed by atoms with Crippen molar-refractivity contribution < 1.29 is 27.8 Å². The topological polar surface area (TPSA) is 99.0 Å². The van der Waals surface area contributed by atoms with Gasteiger partial charge in [-0.2, -0.15) is 18.2 Å². The zero-order valence-corrected chi connectivity index (χ0v) is 28.2. The molecule has 1 aromatic carbocycles. The molecule has 3 aliphatic rings. The van der Waals surface area contributed by atoms with Crippen LogP contribution in [0.2, 0.25) is 0 Å². The molecule has 1 aliphatic carbocycles. The summed E-state index contributed by atoms with van der Waals surface area (Å²) in [4.78, 5) is 28.3. The molecule has 2 aromatic heterocycles. The van der Waals surface area contributed by atoms with Crippen molar-refractivity contribution in [3.63, 3.8) is 0 Å². The number of carbonyl (C=O) groups is 1. The van der Waals surface area contributed by atoms with E-state index in [1.54, 1.807) is 6.20 Å². The van der Waals surface area contributed by atoms with Gasteiger partial charge >= 0.3 is 12.3 Å². The van der Waals surface area contributed by atoms with E-state index in [0.717, 1.165) is 81.6 Å². The molecule has 1 atom stereocenters. The fraction of sp³-hybridized carbons (Fsp3) is 0.629. The van der Waals surface area contributed by atoms with Crippen LogP contribution in [-0.2, 0) is 11.3 Å². The molecular formula is C35H48F3N7O3. The Morgan fingerprint density at radius 2 is 1.69 bits per heavy atom. The number of alkyl halides is 3. The van der Waals surface area contributed by atoms with Crippen molar-refractivity contribution in [1.82, 2.24) is 29.2 Å². The number of nitrogens with one attached hydrogen (secondary N) is 1. The zero-order valence-electron chi connectivity index (χ0n) is 28.2. The molecule has 2 saturated heterocycles. The molecule has 0 radical (unpaired) electrons. The SMILES string of the molecule is CC(C)(C)OC(=O)N1CCC(N2CCN(Cc3ccc(-c4cn(C5CCC(O)CC5)c5nc(NCCC(F)(F)F)ncc45)cc3)CC2)C1. The lowest BCUT2D eigenvalue weighted by molar-refractivity contribution is -0.131. The maximum Gasteiger partial charge on any atom is 0.410 e. The first-order valence-corrected chi connectivity index (χ1v) is 17.2. The van der Waals surface area contributed by atoms with Crippen molar-refractivity contribution in [3.8, 4) is 11.1 Å². The van der Waals surface area contributed by atoms with Gasteiger partial charge < -0.3 is 24.6 Å². The zero-order chi connectivity index (χ0) is 34.1. The van der Waals surface area contributed by atoms with Gasteiger partial charge in [0, 0.05) is 87.8 Å². The van der Waals surface area contributed by atoms with Crippen LogP contribution in [0.1, 0.15) is 70.9 Å². The van der Waals surface area contributed by atoms with E-state index >= 15 is 0 Å². The van der Waals surface area contributed by atoms with E-state index in [2.05, 4.69) is 60.1 Å². The Labute approximate surface area is 280 Å². The summed E-state index contributed by atoms with van der Waals surface area (Å²) in [5.41, 5.74) is 3.44. The van der Waals surface area contributed by atoms with Crippen LogP contribution in [0.4, 0.5) is 23.9 Å². The number of halogens is 3. The van der Waals surface area contributed by atoms with Crippen LogP contribution < -0.4 is 5.32 Å². The molecular weight excluding hydrogens is 623 g/mol. The van der Waals surface area contributed by atoms with Gasteiger partial charge in [-0.05, 0) is 64.0 Å². The van der Waals surface area contributed by atoms with Crippen molar-refractivity contribution in [2.24, 2.45) is 0 Å². The highest BCUT2D eigenvalue weighted by molar-refractivity contribution is 5.94. The van der Waals surface area contributed by atoms with E-state index in [9.17, 15) is 23.1 Å². The second kappa shape index (κ2) is 14.2. The monoisotopic (exact) mass is 671 g/mol. The van der Waals surface area contributed by atoms with Gasteiger partial charge in [0.2, 0.25) is 5.95 Å². The van der Waals surface area contributed by atoms with Gasteiger partial charge in [0.25, 0.3) is 0 Å². The van der Waals surface area contributed by atoms with Gasteiger partial charge in [0.15, 0.2) is 0 Å². The summed E-state index contributed by atoms with van der Waals surface area (Å²) in [6, 6.07) is 9.07. The average Bonchev–Trinajstić information content (AvgIpc) is 3.67. The van der Waals surface area contributed by atoms with Crippen molar-refractivity contribution in [2.45, 2.75) is 95.8 Å². The van der Waals surface area contributed by atoms with Crippen LogP contribution in [0.5, 0.6) is 0 Å². The molecule has 1 amide bonds. The molecule has 48 heavy (non-hydrogen) atoms. The van der Waals surface area contributed by atoms with Gasteiger partial charge in [0.05, 0.1) is 12.5 Å². The lowest BCUT2D eigenvalue weighted by Crippen LogP contribution is -2.51. The number of nitrogens with zero attached hydrogens (tertiary/aromatic N) is 6. The summed E-state index contributed by atoms with van der Waals surface area (Å²) in [5, 5.41) is 13.7. The van der Waals surface area contributed by atoms with E-state index in [0.29, 0.717) is 24.5 Å². The van der Waals surface area contributed by atoms with Crippen molar-refractivity contribution in [1.29, 1.82) is 0 Å². The highest BCUT2D eigenvalue weighted by atomic mass is 19.4. The quantitative estimate of drug-likeness (QED) is 0.298. The molecule has 2 N–H and O–H groups in total. The number of carbonyl (C=O) groups excluding carboxylic acids is 1. The molecule has 262 valence electrons. The average molecular weight is 672 g/mol. The molecule has 13 heteroatoms. The Hall–Kier alpha value is -3.42. The highest BCUT2D eigenvalue weighted by Crippen LogP contribution is 2.37. The van der Waals surface area contributed by atoms with Crippen LogP contribution in [0.3, 0.4) is 0 Å². The molecule has 0 bridgehead atoms. The number of aromatic nitrogens is 3. The smallest absolute Gasteiger partial charge is 0.410 e. The minimum Gasteiger partial charge on any atom is -0.444 e. The molecule has 6 rings (SSSR count). The van der Waals surface area contributed by atoms with E-state index in [-0.39, 0.29) is 30.7 Å². The Morgan fingerprint density at radius 3 is 2.35 bits per heavy atom. The predicted octanol–water partition coefficient (Wildman–Crippen LogP) is 6.07. The third-order valence-electron chi connectivity index (χ3n) is 9.73. The highest BCUT2D eigenvalue weighted by Gasteiger charge is 2.34. The second-order valence-corrected chi connectivity index (χ2v) is 14.5. The van der Waals surface area contributed by atoms with Crippen LogP contribution >= 0.6 is 0 Å². The van der Waals surface area contributed by atoms with Gasteiger partial charge in [-0.3, -0.25) is 9.80 Å². The second-order valence-electron chi connectivity index (χ2n) is 14.5. The molecule has 2 aliphatic heterocycles. The lowest BCUT2D eigenvalue weighted by atomic mass is 9.93. The number of likely N-dealkylation sites (tertiary alicyclic amines) is 1. The van der Waals surface area contributed by atoms with E-state index in [4.69, 9.17) is 4.74 Å². The summed E-state index contributed by atoms with van der Waals surface area (Å²) in [7, 11) is 0. The van der Waals surface area contributed by atoms with E-state index in [1.165, 1.54) is 5.56 Å². The first-order valence-electron chi connectivity index (χ1n) is 17.2. The predicted molar refractivity (Wildman–Crippen MR) is 179 cm³/mol. The van der Waals surface area contributed by atoms with Crippen LogP contribution in [0.15, 0.2) is 36.7 Å². The summed E-state index contributed by atoms with van der Waals surface area (Å²) in [6.45, 7) is 11.6. The summed E-state index contributed by atoms with van der Waals surface area (Å²) < 4.78 is 45.9. The molecule has 0 spiro atoms. The Balaban J connectivity index is 1.09. The fourth-order valence-corrected chi connectivity index (χ4v) is 7.14. The minimum absolute atomic E-state index is 0.144. The summed E-state index contributed by atoms with van der Waals surface area (Å²) in [6.07, 6.45) is 2.04. The molecule has 1 saturated carbocycles. The summed E-state index contributed by atoms with van der Waals surface area (Å²) in [5.74, 6) is 0.178. The van der Waals surface area contributed by atoms with Crippen LogP contribution in [0, 0.1) is 0 Å². The van der Waals surface area contributed by atoms with Gasteiger partial charge in [0.1, 0.15) is 11.2 Å². The number of fused-ring (bicyclic) bond motifs is 1.